The van der Waals surface area contributed by atoms with Gasteiger partial charge >= 0.3 is 0 Å². The second-order valence-electron chi connectivity index (χ2n) is 14.4. The molecule has 3 aromatic heterocycles. The molecule has 7 heteroatoms. The zero-order chi connectivity index (χ0) is 38.2. The molecule has 0 fully saturated rings. The minimum Gasteiger partial charge on any atom is -0.455 e. The molecule has 0 radical (unpaired) electrons. The molecule has 8 aromatic carbocycles. The number of para-hydroxylation sites is 5. The second-order valence-corrected chi connectivity index (χ2v) is 14.4. The van der Waals surface area contributed by atoms with Crippen molar-refractivity contribution in [3.63, 3.8) is 0 Å². The van der Waals surface area contributed by atoms with E-state index in [-0.39, 0.29) is 0 Å². The Hall–Kier alpha value is -8.03. The van der Waals surface area contributed by atoms with Gasteiger partial charge < -0.3 is 18.5 Å². The predicted molar refractivity (Wildman–Crippen MR) is 230 cm³/mol. The van der Waals surface area contributed by atoms with Gasteiger partial charge in [0.05, 0.1) is 16.6 Å². The van der Waals surface area contributed by atoms with E-state index in [0.717, 1.165) is 77.2 Å². The van der Waals surface area contributed by atoms with Crippen LogP contribution in [0.5, 0.6) is 23.0 Å². The molecule has 4 heterocycles. The van der Waals surface area contributed by atoms with Gasteiger partial charge in [-0.1, -0.05) is 127 Å². The van der Waals surface area contributed by atoms with Crippen molar-refractivity contribution in [1.29, 1.82) is 0 Å². The van der Waals surface area contributed by atoms with Crippen LogP contribution in [0.3, 0.4) is 0 Å². The summed E-state index contributed by atoms with van der Waals surface area (Å²) in [5.41, 5.74) is 9.31. The molecule has 11 aromatic rings. The Morgan fingerprint density at radius 3 is 1.53 bits per heavy atom. The molecular weight excluding hydrogens is 717 g/mol. The maximum absolute atomic E-state index is 6.95. The van der Waals surface area contributed by atoms with Crippen molar-refractivity contribution in [3.05, 3.63) is 182 Å². The van der Waals surface area contributed by atoms with Crippen molar-refractivity contribution < 1.29 is 13.9 Å². The lowest BCUT2D eigenvalue weighted by Gasteiger charge is -2.20. The molecule has 0 N–H and O–H groups in total. The fraction of sp³-hybridized carbons (Fsp3) is 0. The van der Waals surface area contributed by atoms with Crippen LogP contribution in [0.4, 0.5) is 0 Å². The zero-order valence-electron chi connectivity index (χ0n) is 30.8. The summed E-state index contributed by atoms with van der Waals surface area (Å²) in [5, 5.41) is 4.14. The van der Waals surface area contributed by atoms with Crippen LogP contribution in [-0.2, 0) is 0 Å². The largest absolute Gasteiger partial charge is 0.455 e. The monoisotopic (exact) mass is 746 g/mol. The molecule has 0 saturated heterocycles. The van der Waals surface area contributed by atoms with E-state index in [1.165, 1.54) is 0 Å². The highest BCUT2D eigenvalue weighted by molar-refractivity contribution is 6.15. The Balaban J connectivity index is 1.05. The summed E-state index contributed by atoms with van der Waals surface area (Å²) in [6, 6.07) is 61.6. The zero-order valence-corrected chi connectivity index (χ0v) is 30.8. The third-order valence-electron chi connectivity index (χ3n) is 10.9. The van der Waals surface area contributed by atoms with Crippen molar-refractivity contribution >= 4 is 43.7 Å². The normalized spacial score (nSPS) is 12.1. The van der Waals surface area contributed by atoms with Gasteiger partial charge in [-0.15, -0.1) is 0 Å². The SMILES string of the molecule is c1ccc(-c2nc(-c3ccccc3)nc(-c3cccc4c3oc3c(-c5ccc6c(c5)c5cc7c(cc5n6-c5ccccc5)Oc5ccccc5O7)cccc34)n2)cc1. The first kappa shape index (κ1) is 32.2. The van der Waals surface area contributed by atoms with Crippen molar-refractivity contribution in [3.8, 4) is 74.0 Å². The molecular formula is C51H30N4O3. The molecule has 0 aliphatic carbocycles. The molecule has 12 rings (SSSR count). The molecule has 0 spiro atoms. The molecule has 58 heavy (non-hydrogen) atoms. The number of hydrogen-bond acceptors (Lipinski definition) is 6. The summed E-state index contributed by atoms with van der Waals surface area (Å²) in [6.45, 7) is 0. The van der Waals surface area contributed by atoms with Gasteiger partial charge in [0, 0.05) is 50.0 Å². The highest BCUT2D eigenvalue weighted by Crippen LogP contribution is 2.49. The first-order valence-corrected chi connectivity index (χ1v) is 19.2. The predicted octanol–water partition coefficient (Wildman–Crippen LogP) is 13.4. The smallest absolute Gasteiger partial charge is 0.172 e. The van der Waals surface area contributed by atoms with E-state index in [4.69, 9.17) is 28.8 Å². The first-order valence-electron chi connectivity index (χ1n) is 19.2. The number of ether oxygens (including phenoxy) is 2. The summed E-state index contributed by atoms with van der Waals surface area (Å²) < 4.78 is 22.0. The Kier molecular flexibility index (Phi) is 7.09. The number of benzene rings is 8. The van der Waals surface area contributed by atoms with Crippen molar-refractivity contribution in [2.24, 2.45) is 0 Å². The second kappa shape index (κ2) is 12.8. The number of rotatable bonds is 5. The van der Waals surface area contributed by atoms with Gasteiger partial charge in [0.1, 0.15) is 11.2 Å². The lowest BCUT2D eigenvalue weighted by atomic mass is 10.00. The Labute approximate surface area is 332 Å². The fourth-order valence-electron chi connectivity index (χ4n) is 8.22. The minimum atomic E-state index is 0.547. The van der Waals surface area contributed by atoms with Crippen LogP contribution in [0.15, 0.2) is 186 Å². The number of nitrogens with zero attached hydrogens (tertiary/aromatic N) is 4. The fourth-order valence-corrected chi connectivity index (χ4v) is 8.22. The Morgan fingerprint density at radius 1 is 0.345 bits per heavy atom. The number of aromatic nitrogens is 4. The van der Waals surface area contributed by atoms with Gasteiger partial charge in [-0.05, 0) is 54.1 Å². The van der Waals surface area contributed by atoms with Crippen LogP contribution in [0, 0.1) is 0 Å². The third-order valence-corrected chi connectivity index (χ3v) is 10.9. The molecule has 1 aliphatic rings. The highest BCUT2D eigenvalue weighted by atomic mass is 16.6. The maximum atomic E-state index is 6.95. The van der Waals surface area contributed by atoms with Crippen LogP contribution in [-0.4, -0.2) is 19.5 Å². The average Bonchev–Trinajstić information content (AvgIpc) is 3.83. The molecule has 272 valence electrons. The summed E-state index contributed by atoms with van der Waals surface area (Å²) in [7, 11) is 0. The quantitative estimate of drug-likeness (QED) is 0.175. The van der Waals surface area contributed by atoms with Gasteiger partial charge in [0.15, 0.2) is 40.5 Å². The maximum Gasteiger partial charge on any atom is 0.172 e. The van der Waals surface area contributed by atoms with E-state index in [2.05, 4.69) is 83.4 Å². The van der Waals surface area contributed by atoms with Crippen LogP contribution in [0.1, 0.15) is 0 Å². The third kappa shape index (κ3) is 5.11. The Bertz CT molecular complexity index is 3340. The summed E-state index contributed by atoms with van der Waals surface area (Å²) in [4.78, 5) is 15.0. The van der Waals surface area contributed by atoms with E-state index in [1.54, 1.807) is 0 Å². The molecule has 1 aliphatic heterocycles. The van der Waals surface area contributed by atoms with Gasteiger partial charge in [0.25, 0.3) is 0 Å². The van der Waals surface area contributed by atoms with Crippen LogP contribution < -0.4 is 9.47 Å². The van der Waals surface area contributed by atoms with Gasteiger partial charge in [-0.3, -0.25) is 0 Å². The number of fused-ring (bicyclic) bond motifs is 8. The average molecular weight is 747 g/mol. The molecule has 0 saturated carbocycles. The van der Waals surface area contributed by atoms with Crippen molar-refractivity contribution in [1.82, 2.24) is 19.5 Å². The molecule has 7 nitrogen and oxygen atoms in total. The van der Waals surface area contributed by atoms with Gasteiger partial charge in [0.2, 0.25) is 0 Å². The van der Waals surface area contributed by atoms with Crippen molar-refractivity contribution in [2.45, 2.75) is 0 Å². The number of furan rings is 1. The standard InChI is InChI=1S/C51H30N4O3/c1-4-14-31(15-5-1)49-52-50(32-16-6-2-7-17-32)54-51(53-49)38-23-13-22-37-36-21-12-20-35(47(36)58-48(37)38)33-26-27-41-39(28-33)40-29-45-46(57-44-25-11-10-24-43(44)56-45)30-42(40)55(41)34-18-8-3-9-19-34/h1-30H. The van der Waals surface area contributed by atoms with E-state index in [0.29, 0.717) is 40.5 Å². The van der Waals surface area contributed by atoms with Crippen LogP contribution in [0.2, 0.25) is 0 Å². The molecule has 0 amide bonds. The summed E-state index contributed by atoms with van der Waals surface area (Å²) in [5.74, 6) is 4.50. The highest BCUT2D eigenvalue weighted by Gasteiger charge is 2.24. The molecule has 0 unspecified atom stereocenters. The van der Waals surface area contributed by atoms with E-state index in [1.807, 2.05) is 103 Å². The molecule has 0 bridgehead atoms. The van der Waals surface area contributed by atoms with Crippen LogP contribution >= 0.6 is 0 Å². The Morgan fingerprint density at radius 2 is 0.879 bits per heavy atom. The molecule has 0 atom stereocenters. The van der Waals surface area contributed by atoms with E-state index < -0.39 is 0 Å². The summed E-state index contributed by atoms with van der Waals surface area (Å²) in [6.07, 6.45) is 0. The minimum absolute atomic E-state index is 0.547. The lowest BCUT2D eigenvalue weighted by Crippen LogP contribution is -2.00. The first-order chi connectivity index (χ1) is 28.7. The van der Waals surface area contributed by atoms with E-state index >= 15 is 0 Å². The van der Waals surface area contributed by atoms with Crippen LogP contribution in [0.25, 0.3) is 94.7 Å². The lowest BCUT2D eigenvalue weighted by molar-refractivity contribution is 0.360. The van der Waals surface area contributed by atoms with E-state index in [9.17, 15) is 0 Å². The van der Waals surface area contributed by atoms with Gasteiger partial charge in [-0.2, -0.15) is 0 Å². The van der Waals surface area contributed by atoms with Gasteiger partial charge in [-0.25, -0.2) is 15.0 Å². The van der Waals surface area contributed by atoms with Crippen molar-refractivity contribution in [2.75, 3.05) is 0 Å². The number of hydrogen-bond donors (Lipinski definition) is 0. The summed E-state index contributed by atoms with van der Waals surface area (Å²) >= 11 is 0. The topological polar surface area (TPSA) is 75.2 Å².